The van der Waals surface area contributed by atoms with Crippen molar-refractivity contribution in [3.63, 3.8) is 0 Å². The van der Waals surface area contributed by atoms with Gasteiger partial charge >= 0.3 is 0 Å². The molecule has 1 atom stereocenters. The van der Waals surface area contributed by atoms with E-state index in [1.807, 2.05) is 20.9 Å². The summed E-state index contributed by atoms with van der Waals surface area (Å²) < 4.78 is 7.14. The number of aromatic nitrogens is 3. The number of carbonyl (C=O) groups is 2. The number of hydrogen-bond acceptors (Lipinski definition) is 5. The van der Waals surface area contributed by atoms with Gasteiger partial charge in [0.05, 0.1) is 12.5 Å². The minimum absolute atomic E-state index is 0.00823. The van der Waals surface area contributed by atoms with Crippen LogP contribution in [-0.2, 0) is 23.1 Å². The molecular formula is C21H29N5O3. The molecule has 8 nitrogen and oxygen atoms in total. The fraction of sp³-hybridized carbons (Fsp3) is 0.619. The third-order valence-electron chi connectivity index (χ3n) is 6.10. The summed E-state index contributed by atoms with van der Waals surface area (Å²) in [4.78, 5) is 31.9. The highest BCUT2D eigenvalue weighted by Crippen LogP contribution is 2.31. The molecule has 1 aliphatic carbocycles. The van der Waals surface area contributed by atoms with Gasteiger partial charge in [0.25, 0.3) is 0 Å². The summed E-state index contributed by atoms with van der Waals surface area (Å²) in [7, 11) is 3.45. The van der Waals surface area contributed by atoms with Crippen LogP contribution >= 0.6 is 0 Å². The smallest absolute Gasteiger partial charge is 0.243 e. The molecule has 2 aromatic rings. The zero-order chi connectivity index (χ0) is 20.7. The van der Waals surface area contributed by atoms with E-state index in [1.165, 1.54) is 0 Å². The molecule has 156 valence electrons. The molecule has 2 aromatic heterocycles. The molecule has 1 unspecified atom stereocenters. The van der Waals surface area contributed by atoms with Crippen LogP contribution in [0.4, 0.5) is 0 Å². The second kappa shape index (κ2) is 7.65. The largest absolute Gasteiger partial charge is 0.479 e. The van der Waals surface area contributed by atoms with E-state index in [-0.39, 0.29) is 17.9 Å². The predicted octanol–water partition coefficient (Wildman–Crippen LogP) is 1.80. The molecule has 1 saturated carbocycles. The Hall–Kier alpha value is -2.64. The molecule has 8 heteroatoms. The van der Waals surface area contributed by atoms with Crippen LogP contribution in [0, 0.1) is 13.8 Å². The number of carbonyl (C=O) groups excluding carboxylic acids is 2. The zero-order valence-corrected chi connectivity index (χ0v) is 17.6. The van der Waals surface area contributed by atoms with Gasteiger partial charge < -0.3 is 15.0 Å². The van der Waals surface area contributed by atoms with Crippen molar-refractivity contribution in [2.75, 3.05) is 13.7 Å². The van der Waals surface area contributed by atoms with Crippen molar-refractivity contribution in [1.29, 1.82) is 0 Å². The van der Waals surface area contributed by atoms with E-state index in [4.69, 9.17) is 9.72 Å². The number of likely N-dealkylation sites (tertiary alicyclic amines) is 1. The second-order valence-corrected chi connectivity index (χ2v) is 8.16. The van der Waals surface area contributed by atoms with E-state index in [9.17, 15) is 9.59 Å². The van der Waals surface area contributed by atoms with Gasteiger partial charge in [0.1, 0.15) is 6.04 Å². The van der Waals surface area contributed by atoms with Gasteiger partial charge in [-0.25, -0.2) is 9.67 Å². The van der Waals surface area contributed by atoms with Crippen molar-refractivity contribution < 1.29 is 14.3 Å². The van der Waals surface area contributed by atoms with Crippen LogP contribution in [0.25, 0.3) is 11.0 Å². The maximum atomic E-state index is 12.9. The second-order valence-electron chi connectivity index (χ2n) is 8.16. The van der Waals surface area contributed by atoms with E-state index in [0.717, 1.165) is 53.5 Å². The van der Waals surface area contributed by atoms with Crippen molar-refractivity contribution in [2.24, 2.45) is 7.05 Å². The standard InChI is InChI=1S/C21H29N5O3/c1-12-15(13(2)22-19-18(12)21(29-4)24-25(19)3)9-10-17(27)26-11-5-6-16(26)20(28)23-14-7-8-14/h14,16H,5-11H2,1-4H3,(H,23,28). The van der Waals surface area contributed by atoms with Crippen LogP contribution < -0.4 is 10.1 Å². The van der Waals surface area contributed by atoms with Crippen molar-refractivity contribution in [1.82, 2.24) is 25.0 Å². The van der Waals surface area contributed by atoms with Crippen molar-refractivity contribution in [2.45, 2.75) is 64.5 Å². The summed E-state index contributed by atoms with van der Waals surface area (Å²) in [5.41, 5.74) is 3.78. The van der Waals surface area contributed by atoms with Crippen molar-refractivity contribution >= 4 is 22.8 Å². The van der Waals surface area contributed by atoms with Crippen molar-refractivity contribution in [3.8, 4) is 5.88 Å². The molecule has 3 heterocycles. The number of rotatable bonds is 6. The highest BCUT2D eigenvalue weighted by molar-refractivity contribution is 5.89. The number of amides is 2. The Labute approximate surface area is 170 Å². The molecule has 1 aliphatic heterocycles. The Bertz CT molecular complexity index is 963. The SMILES string of the molecule is COc1nn(C)c2nc(C)c(CCC(=O)N3CCCC3C(=O)NC3CC3)c(C)c12. The predicted molar refractivity (Wildman–Crippen MR) is 109 cm³/mol. The Balaban J connectivity index is 1.50. The maximum Gasteiger partial charge on any atom is 0.243 e. The lowest BCUT2D eigenvalue weighted by Crippen LogP contribution is -2.46. The molecule has 0 spiro atoms. The third kappa shape index (κ3) is 3.68. The van der Waals surface area contributed by atoms with Gasteiger partial charge in [0.2, 0.25) is 17.7 Å². The Kier molecular flexibility index (Phi) is 5.19. The molecule has 29 heavy (non-hydrogen) atoms. The van der Waals surface area contributed by atoms with E-state index < -0.39 is 0 Å². The number of nitrogens with one attached hydrogen (secondary N) is 1. The number of aryl methyl sites for hydroxylation is 3. The van der Waals surface area contributed by atoms with Gasteiger partial charge in [0, 0.05) is 31.7 Å². The van der Waals surface area contributed by atoms with Gasteiger partial charge in [-0.3, -0.25) is 9.59 Å². The molecular weight excluding hydrogens is 370 g/mol. The van der Waals surface area contributed by atoms with Gasteiger partial charge in [-0.15, -0.1) is 5.10 Å². The number of ether oxygens (including phenoxy) is 1. The average molecular weight is 399 g/mol. The fourth-order valence-electron chi connectivity index (χ4n) is 4.35. The summed E-state index contributed by atoms with van der Waals surface area (Å²) in [6.45, 7) is 4.66. The monoisotopic (exact) mass is 399 g/mol. The van der Waals surface area contributed by atoms with Crippen LogP contribution in [0.15, 0.2) is 0 Å². The first-order valence-electron chi connectivity index (χ1n) is 10.4. The first-order chi connectivity index (χ1) is 13.9. The summed E-state index contributed by atoms with van der Waals surface area (Å²) in [5.74, 6) is 0.598. The number of fused-ring (bicyclic) bond motifs is 1. The number of hydrogen-bond donors (Lipinski definition) is 1. The third-order valence-corrected chi connectivity index (χ3v) is 6.10. The molecule has 4 rings (SSSR count). The van der Waals surface area contributed by atoms with Crippen LogP contribution in [0.5, 0.6) is 5.88 Å². The number of pyridine rings is 1. The van der Waals surface area contributed by atoms with Gasteiger partial charge in [-0.1, -0.05) is 0 Å². The van der Waals surface area contributed by atoms with Gasteiger partial charge in [0.15, 0.2) is 5.65 Å². The van der Waals surface area contributed by atoms with E-state index in [2.05, 4.69) is 10.4 Å². The highest BCUT2D eigenvalue weighted by atomic mass is 16.5. The van der Waals surface area contributed by atoms with E-state index >= 15 is 0 Å². The van der Waals surface area contributed by atoms with Crippen LogP contribution in [0.3, 0.4) is 0 Å². The molecule has 0 radical (unpaired) electrons. The molecule has 2 amide bonds. The fourth-order valence-corrected chi connectivity index (χ4v) is 4.35. The Morgan fingerprint density at radius 2 is 2.00 bits per heavy atom. The zero-order valence-electron chi connectivity index (χ0n) is 17.6. The summed E-state index contributed by atoms with van der Waals surface area (Å²) >= 11 is 0. The first kappa shape index (κ1) is 19.7. The lowest BCUT2D eigenvalue weighted by molar-refractivity contribution is -0.138. The van der Waals surface area contributed by atoms with Crippen molar-refractivity contribution in [3.05, 3.63) is 16.8 Å². The van der Waals surface area contributed by atoms with Crippen LogP contribution in [0.1, 0.15) is 48.9 Å². The van der Waals surface area contributed by atoms with E-state index in [1.54, 1.807) is 16.7 Å². The molecule has 1 N–H and O–H groups in total. The molecule has 2 fully saturated rings. The molecule has 0 bridgehead atoms. The molecule has 1 saturated heterocycles. The van der Waals surface area contributed by atoms with Crippen LogP contribution in [-0.4, -0.2) is 57.2 Å². The Morgan fingerprint density at radius 1 is 1.24 bits per heavy atom. The molecule has 2 aliphatic rings. The minimum atomic E-state index is -0.315. The first-order valence-corrected chi connectivity index (χ1v) is 10.4. The quantitative estimate of drug-likeness (QED) is 0.800. The lowest BCUT2D eigenvalue weighted by Gasteiger charge is -2.24. The highest BCUT2D eigenvalue weighted by Gasteiger charge is 2.36. The summed E-state index contributed by atoms with van der Waals surface area (Å²) in [6, 6.07) is 0.00179. The minimum Gasteiger partial charge on any atom is -0.479 e. The maximum absolute atomic E-state index is 12.9. The summed E-state index contributed by atoms with van der Waals surface area (Å²) in [6.07, 6.45) is 4.70. The van der Waals surface area contributed by atoms with E-state index in [0.29, 0.717) is 31.3 Å². The lowest BCUT2D eigenvalue weighted by atomic mass is 10.00. The van der Waals surface area contributed by atoms with Gasteiger partial charge in [-0.05, 0) is 57.1 Å². The molecule has 0 aromatic carbocycles. The average Bonchev–Trinajstić information content (AvgIpc) is 3.25. The normalized spacial score (nSPS) is 19.0. The topological polar surface area (TPSA) is 89.3 Å². The number of methoxy groups -OCH3 is 1. The Morgan fingerprint density at radius 3 is 2.69 bits per heavy atom. The van der Waals surface area contributed by atoms with Gasteiger partial charge in [-0.2, -0.15) is 0 Å². The number of nitrogens with zero attached hydrogens (tertiary/aromatic N) is 4. The van der Waals surface area contributed by atoms with Crippen LogP contribution in [0.2, 0.25) is 0 Å². The summed E-state index contributed by atoms with van der Waals surface area (Å²) in [5, 5.41) is 8.32.